The highest BCUT2D eigenvalue weighted by atomic mass is 28.4. The fourth-order valence-corrected chi connectivity index (χ4v) is 12.8. The van der Waals surface area contributed by atoms with Crippen LogP contribution in [0, 0.1) is 5.92 Å². The topological polar surface area (TPSA) is 180 Å². The molecule has 1 spiro atoms. The van der Waals surface area contributed by atoms with E-state index in [1.807, 2.05) is 129 Å². The number of amides is 4. The van der Waals surface area contributed by atoms with Crippen LogP contribution in [0.3, 0.4) is 0 Å². The molecule has 4 amide bonds. The predicted molar refractivity (Wildman–Crippen MR) is 258 cm³/mol. The van der Waals surface area contributed by atoms with E-state index >= 15 is 4.79 Å². The van der Waals surface area contributed by atoms with E-state index in [1.165, 1.54) is 0 Å². The Bertz CT molecular complexity index is 2940. The third-order valence-electron chi connectivity index (χ3n) is 13.2. The Morgan fingerprint density at radius 1 is 0.773 bits per heavy atom. The lowest BCUT2D eigenvalue weighted by molar-refractivity contribution is -0.150. The number of aromatic amines is 2. The monoisotopic (exact) mass is 902 g/mol. The van der Waals surface area contributed by atoms with Crippen LogP contribution in [-0.4, -0.2) is 76.0 Å². The first-order valence-corrected chi connectivity index (χ1v) is 25.4. The number of H-pyrrole nitrogens is 2. The number of para-hydroxylation sites is 2. The summed E-state index contributed by atoms with van der Waals surface area (Å²) in [5, 5.41) is 18.0. The maximum absolute atomic E-state index is 15.4. The van der Waals surface area contributed by atoms with Crippen molar-refractivity contribution in [1.29, 1.82) is 0 Å². The van der Waals surface area contributed by atoms with Gasteiger partial charge in [-0.15, -0.1) is 0 Å². The molecule has 1 saturated heterocycles. The number of hydrogen-bond acceptors (Lipinski definition) is 7. The molecule has 7 aromatic rings. The SMILES string of the molecule is C[C@@H]1[C@@H]([Si](C)(C)O)[C@H](CC(=O)N(CCO)Cc2ccccc2)O[C@@]12C(=O)N(Cc1cccc(NC(=O)Cc3c[nH]c4ccccc34)c1)c1ccc(NC(=O)Cc3c[nH]c4ccccc34)cc12. The van der Waals surface area contributed by atoms with Gasteiger partial charge in [0.1, 0.15) is 0 Å². The average Bonchev–Trinajstić information content (AvgIpc) is 4.03. The van der Waals surface area contributed by atoms with Crippen LogP contribution in [0.2, 0.25) is 18.6 Å². The highest BCUT2D eigenvalue weighted by Gasteiger charge is 2.66. The molecule has 9 rings (SSSR count). The van der Waals surface area contributed by atoms with E-state index in [4.69, 9.17) is 4.74 Å². The molecule has 4 heterocycles. The number of ether oxygens (including phenoxy) is 1. The molecule has 14 heteroatoms. The number of carbonyl (C=O) groups excluding carboxylic acids is 4. The van der Waals surface area contributed by atoms with Crippen molar-refractivity contribution in [2.75, 3.05) is 28.7 Å². The Morgan fingerprint density at radius 2 is 1.36 bits per heavy atom. The Kier molecular flexibility index (Phi) is 12.2. The minimum absolute atomic E-state index is 0.103. The molecule has 2 aromatic heterocycles. The van der Waals surface area contributed by atoms with Gasteiger partial charge < -0.3 is 45.0 Å². The van der Waals surface area contributed by atoms with Crippen molar-refractivity contribution >= 4 is 70.8 Å². The number of rotatable bonds is 15. The molecule has 0 unspecified atom stereocenters. The van der Waals surface area contributed by atoms with Gasteiger partial charge in [-0.05, 0) is 77.8 Å². The Morgan fingerprint density at radius 3 is 1.98 bits per heavy atom. The first-order chi connectivity index (χ1) is 31.8. The maximum atomic E-state index is 15.4. The summed E-state index contributed by atoms with van der Waals surface area (Å²) in [6.07, 6.45) is 3.00. The van der Waals surface area contributed by atoms with Crippen molar-refractivity contribution in [2.24, 2.45) is 5.92 Å². The summed E-state index contributed by atoms with van der Waals surface area (Å²) < 4.78 is 7.06. The third kappa shape index (κ3) is 8.67. The summed E-state index contributed by atoms with van der Waals surface area (Å²) >= 11 is 0. The lowest BCUT2D eigenvalue weighted by Crippen LogP contribution is -2.46. The zero-order chi connectivity index (χ0) is 46.2. The van der Waals surface area contributed by atoms with Gasteiger partial charge in [-0.25, -0.2) is 0 Å². The normalized spacial score (nSPS) is 19.1. The fourth-order valence-electron chi connectivity index (χ4n) is 10.3. The van der Waals surface area contributed by atoms with Crippen molar-refractivity contribution in [3.63, 3.8) is 0 Å². The first kappa shape index (κ1) is 44.4. The van der Waals surface area contributed by atoms with Crippen molar-refractivity contribution in [3.8, 4) is 0 Å². The standard InChI is InChI=1S/C52H54N6O7Si/c1-33-50(66(2,3)64)46(28-49(62)57(22-23-59)31-34-12-5-4-6-13-34)65-52(33)42-27-39(56-48(61)26-37-30-54-44-19-10-8-17-41(37)44)20-21-45(42)58(51(52)63)32-35-14-11-15-38(24-35)55-47(60)25-36-29-53-43-18-9-7-16-40(36)43/h4-21,24,27,29-30,33,46,50,53-54,59,64H,22-23,25-26,28,31-32H2,1-3H3,(H,55,60)(H,56,61)/t33-,46+,50-,52+/m1/s1. The van der Waals surface area contributed by atoms with Gasteiger partial charge in [-0.2, -0.15) is 0 Å². The number of hydrogen-bond donors (Lipinski definition) is 6. The van der Waals surface area contributed by atoms with Crippen LogP contribution in [0.5, 0.6) is 0 Å². The van der Waals surface area contributed by atoms with Gasteiger partial charge in [0.2, 0.25) is 17.7 Å². The van der Waals surface area contributed by atoms with Crippen LogP contribution in [0.4, 0.5) is 17.1 Å². The van der Waals surface area contributed by atoms with Crippen LogP contribution >= 0.6 is 0 Å². The summed E-state index contributed by atoms with van der Waals surface area (Å²) in [5.41, 5.74) is 5.24. The van der Waals surface area contributed by atoms with Gasteiger partial charge in [0, 0.05) is 75.7 Å². The number of nitrogens with zero attached hydrogens (tertiary/aromatic N) is 2. The summed E-state index contributed by atoms with van der Waals surface area (Å²) in [6.45, 7) is 5.79. The van der Waals surface area contributed by atoms with Gasteiger partial charge in [0.05, 0.1) is 44.2 Å². The zero-order valence-corrected chi connectivity index (χ0v) is 38.2. The van der Waals surface area contributed by atoms with Crippen LogP contribution in [0.1, 0.15) is 41.2 Å². The Hall–Kier alpha value is -6.84. The van der Waals surface area contributed by atoms with Crippen molar-refractivity contribution < 1.29 is 33.8 Å². The number of aromatic nitrogens is 2. The van der Waals surface area contributed by atoms with E-state index in [9.17, 15) is 24.3 Å². The maximum Gasteiger partial charge on any atom is 0.264 e. The Balaban J connectivity index is 1.03. The minimum Gasteiger partial charge on any atom is -0.432 e. The summed E-state index contributed by atoms with van der Waals surface area (Å²) in [6, 6.07) is 37.9. The molecule has 0 radical (unpaired) electrons. The average molecular weight is 903 g/mol. The molecular weight excluding hydrogens is 849 g/mol. The van der Waals surface area contributed by atoms with Crippen LogP contribution in [-0.2, 0) is 55.4 Å². The second-order valence-electron chi connectivity index (χ2n) is 18.1. The van der Waals surface area contributed by atoms with Gasteiger partial charge in [0.25, 0.3) is 5.91 Å². The molecule has 4 atom stereocenters. The largest absolute Gasteiger partial charge is 0.432 e. The number of nitrogens with one attached hydrogen (secondary N) is 4. The second kappa shape index (κ2) is 18.2. The number of fused-ring (bicyclic) bond motifs is 4. The molecule has 338 valence electrons. The van der Waals surface area contributed by atoms with Gasteiger partial charge in [-0.3, -0.25) is 19.2 Å². The third-order valence-corrected chi connectivity index (χ3v) is 15.7. The quantitative estimate of drug-likeness (QED) is 0.0569. The van der Waals surface area contributed by atoms with E-state index in [1.54, 1.807) is 35.0 Å². The summed E-state index contributed by atoms with van der Waals surface area (Å²) in [7, 11) is -3.18. The smallest absolute Gasteiger partial charge is 0.264 e. The van der Waals surface area contributed by atoms with Crippen molar-refractivity contribution in [3.05, 3.63) is 162 Å². The second-order valence-corrected chi connectivity index (χ2v) is 22.1. The molecule has 2 aliphatic heterocycles. The number of carbonyl (C=O) groups is 4. The van der Waals surface area contributed by atoms with Crippen molar-refractivity contribution in [1.82, 2.24) is 14.9 Å². The molecule has 2 aliphatic rings. The highest BCUT2D eigenvalue weighted by Crippen LogP contribution is 2.60. The fraction of sp³-hybridized carbons (Fsp3) is 0.269. The van der Waals surface area contributed by atoms with Crippen molar-refractivity contribution in [2.45, 2.75) is 69.6 Å². The number of aliphatic hydroxyl groups is 1. The molecule has 5 aromatic carbocycles. The van der Waals surface area contributed by atoms with Crippen LogP contribution < -0.4 is 15.5 Å². The minimum atomic E-state index is -3.18. The molecule has 13 nitrogen and oxygen atoms in total. The Labute approximate surface area is 383 Å². The van der Waals surface area contributed by atoms with Crippen LogP contribution in [0.25, 0.3) is 21.8 Å². The molecular formula is C52H54N6O7Si. The molecule has 66 heavy (non-hydrogen) atoms. The van der Waals surface area contributed by atoms with E-state index in [-0.39, 0.29) is 69.1 Å². The molecule has 0 aliphatic carbocycles. The van der Waals surface area contributed by atoms with E-state index in [2.05, 4.69) is 20.6 Å². The van der Waals surface area contributed by atoms with E-state index in [0.717, 1.165) is 44.1 Å². The van der Waals surface area contributed by atoms with Crippen LogP contribution in [0.15, 0.2) is 134 Å². The molecule has 1 fully saturated rings. The van der Waals surface area contributed by atoms with E-state index in [0.29, 0.717) is 22.6 Å². The zero-order valence-electron chi connectivity index (χ0n) is 37.2. The molecule has 6 N–H and O–H groups in total. The van der Waals surface area contributed by atoms with E-state index < -0.39 is 31.5 Å². The number of benzene rings is 5. The van der Waals surface area contributed by atoms with Gasteiger partial charge in [0.15, 0.2) is 13.9 Å². The summed E-state index contributed by atoms with van der Waals surface area (Å²) in [4.78, 5) is 78.4. The predicted octanol–water partition coefficient (Wildman–Crippen LogP) is 7.77. The summed E-state index contributed by atoms with van der Waals surface area (Å²) in [5.74, 6) is -1.64. The highest BCUT2D eigenvalue weighted by molar-refractivity contribution is 6.71. The number of anilines is 3. The lowest BCUT2D eigenvalue weighted by atomic mass is 9.82. The van der Waals surface area contributed by atoms with Gasteiger partial charge in [-0.1, -0.05) is 85.8 Å². The number of aliphatic hydroxyl groups excluding tert-OH is 1. The lowest BCUT2D eigenvalue weighted by Gasteiger charge is -2.32. The van der Waals surface area contributed by atoms with Gasteiger partial charge >= 0.3 is 0 Å². The molecule has 0 saturated carbocycles. The molecule has 0 bridgehead atoms. The first-order valence-electron chi connectivity index (χ1n) is 22.4.